The zero-order valence-corrected chi connectivity index (χ0v) is 16.3. The van der Waals surface area contributed by atoms with E-state index in [0.717, 1.165) is 55.7 Å². The van der Waals surface area contributed by atoms with E-state index in [2.05, 4.69) is 23.1 Å². The molecule has 2 aliphatic rings. The number of amidine groups is 1. The molecule has 1 saturated heterocycles. The van der Waals surface area contributed by atoms with Gasteiger partial charge in [0.2, 0.25) is 0 Å². The van der Waals surface area contributed by atoms with Crippen LogP contribution in [0.15, 0.2) is 41.2 Å². The summed E-state index contributed by atoms with van der Waals surface area (Å²) in [4.78, 5) is 19.1. The topological polar surface area (TPSA) is 112 Å². The highest BCUT2D eigenvalue weighted by atomic mass is 16.7. The van der Waals surface area contributed by atoms with Gasteiger partial charge in [-0.1, -0.05) is 42.4 Å². The summed E-state index contributed by atoms with van der Waals surface area (Å²) < 4.78 is 0. The van der Waals surface area contributed by atoms with Crippen LogP contribution in [0.4, 0.5) is 0 Å². The number of nitrogens with one attached hydrogen (secondary N) is 1. The number of aliphatic carboxylic acids is 1. The fraction of sp³-hybridized carbons (Fsp3) is 0.476. The highest BCUT2D eigenvalue weighted by Crippen LogP contribution is 2.37. The first-order valence-corrected chi connectivity index (χ1v) is 9.78. The van der Waals surface area contributed by atoms with Crippen LogP contribution in [0.5, 0.6) is 0 Å². The number of carboxylic acid groups (broad SMARTS) is 1. The first-order valence-electron chi connectivity index (χ1n) is 9.78. The number of carbonyl (C=O) groups is 1. The zero-order chi connectivity index (χ0) is 20.1. The number of allylic oxidation sites excluding steroid dienone is 2. The molecule has 7 heteroatoms. The van der Waals surface area contributed by atoms with E-state index in [-0.39, 0.29) is 17.9 Å². The molecule has 0 aliphatic carbocycles. The van der Waals surface area contributed by atoms with Crippen molar-refractivity contribution in [2.45, 2.75) is 51.0 Å². The van der Waals surface area contributed by atoms with Crippen molar-refractivity contribution >= 4 is 17.5 Å². The molecule has 7 nitrogen and oxygen atoms in total. The Kier molecular flexibility index (Phi) is 6.02. The second-order valence-corrected chi connectivity index (χ2v) is 7.46. The lowest BCUT2D eigenvalue weighted by molar-refractivity contribution is -0.137. The molecular formula is C21H28N4O3. The summed E-state index contributed by atoms with van der Waals surface area (Å²) in [6.07, 6.45) is 6.25. The Morgan fingerprint density at radius 3 is 2.57 bits per heavy atom. The summed E-state index contributed by atoms with van der Waals surface area (Å²) >= 11 is 0. The number of rotatable bonds is 7. The third-order valence-electron chi connectivity index (χ3n) is 5.48. The molecule has 3 rings (SSSR count). The maximum absolute atomic E-state index is 10.9. The van der Waals surface area contributed by atoms with Crippen LogP contribution >= 0.6 is 0 Å². The number of likely N-dealkylation sites (tertiary alicyclic amines) is 1. The van der Waals surface area contributed by atoms with E-state index < -0.39 is 5.97 Å². The zero-order valence-electron chi connectivity index (χ0n) is 16.3. The molecule has 28 heavy (non-hydrogen) atoms. The number of hydrogen-bond acceptors (Lipinski definition) is 5. The normalized spacial score (nSPS) is 18.7. The van der Waals surface area contributed by atoms with E-state index >= 15 is 0 Å². The molecule has 0 radical (unpaired) electrons. The van der Waals surface area contributed by atoms with Crippen molar-refractivity contribution in [3.8, 4) is 0 Å². The number of nitrogens with two attached hydrogens (primary N) is 1. The van der Waals surface area contributed by atoms with Crippen molar-refractivity contribution in [1.82, 2.24) is 4.90 Å². The van der Waals surface area contributed by atoms with Crippen LogP contribution in [-0.4, -0.2) is 46.2 Å². The van der Waals surface area contributed by atoms with Crippen LogP contribution in [0, 0.1) is 5.41 Å². The Bertz CT molecular complexity index is 790. The number of carboxylic acids is 1. The van der Waals surface area contributed by atoms with Gasteiger partial charge < -0.3 is 20.6 Å². The van der Waals surface area contributed by atoms with Gasteiger partial charge in [-0.2, -0.15) is 0 Å². The Labute approximate surface area is 165 Å². The van der Waals surface area contributed by atoms with Crippen LogP contribution in [0.2, 0.25) is 0 Å². The molecule has 0 unspecified atom stereocenters. The molecule has 0 aromatic heterocycles. The highest BCUT2D eigenvalue weighted by molar-refractivity contribution is 6.03. The summed E-state index contributed by atoms with van der Waals surface area (Å²) in [6.45, 7) is 3.76. The molecule has 0 atom stereocenters. The van der Waals surface area contributed by atoms with Crippen LogP contribution in [0.3, 0.4) is 0 Å². The molecule has 1 aromatic rings. The second kappa shape index (κ2) is 8.46. The van der Waals surface area contributed by atoms with Crippen LogP contribution in [0.1, 0.15) is 56.6 Å². The Morgan fingerprint density at radius 2 is 2.00 bits per heavy atom. The van der Waals surface area contributed by atoms with Crippen LogP contribution in [-0.2, 0) is 9.63 Å². The van der Waals surface area contributed by atoms with Gasteiger partial charge in [0, 0.05) is 43.6 Å². The van der Waals surface area contributed by atoms with Gasteiger partial charge in [0.1, 0.15) is 11.4 Å². The molecule has 0 amide bonds. The minimum Gasteiger partial charge on any atom is -0.481 e. The summed E-state index contributed by atoms with van der Waals surface area (Å²) in [5.41, 5.74) is 8.99. The number of nitrogen functional groups attached to an aromatic ring is 1. The summed E-state index contributed by atoms with van der Waals surface area (Å²) in [5.74, 6) is -0.706. The fourth-order valence-corrected chi connectivity index (χ4v) is 3.85. The number of piperidine rings is 1. The van der Waals surface area contributed by atoms with Gasteiger partial charge in [-0.25, -0.2) is 0 Å². The van der Waals surface area contributed by atoms with Crippen LogP contribution in [0.25, 0.3) is 0 Å². The average molecular weight is 384 g/mol. The van der Waals surface area contributed by atoms with E-state index in [1.165, 1.54) is 0 Å². The number of benzene rings is 1. The fourth-order valence-electron chi connectivity index (χ4n) is 3.85. The minimum absolute atomic E-state index is 0.0545. The van der Waals surface area contributed by atoms with Crippen molar-refractivity contribution in [2.75, 3.05) is 13.1 Å². The molecule has 0 saturated carbocycles. The van der Waals surface area contributed by atoms with Gasteiger partial charge in [0.05, 0.1) is 12.1 Å². The first kappa shape index (κ1) is 19.9. The quantitative estimate of drug-likeness (QED) is 0.494. The monoisotopic (exact) mass is 384 g/mol. The van der Waals surface area contributed by atoms with Crippen molar-refractivity contribution in [3.63, 3.8) is 0 Å². The van der Waals surface area contributed by atoms with Gasteiger partial charge in [-0.3, -0.25) is 10.2 Å². The van der Waals surface area contributed by atoms with Gasteiger partial charge in [0.15, 0.2) is 0 Å². The van der Waals surface area contributed by atoms with Gasteiger partial charge in [-0.15, -0.1) is 0 Å². The number of hydrogen-bond donors (Lipinski definition) is 3. The maximum atomic E-state index is 10.9. The molecule has 2 aliphatic heterocycles. The predicted molar refractivity (Wildman–Crippen MR) is 108 cm³/mol. The van der Waals surface area contributed by atoms with Crippen molar-refractivity contribution in [3.05, 3.63) is 47.2 Å². The van der Waals surface area contributed by atoms with Crippen molar-refractivity contribution in [2.24, 2.45) is 10.9 Å². The van der Waals surface area contributed by atoms with Crippen molar-refractivity contribution < 1.29 is 14.7 Å². The SMILES string of the molecule is CC/C=C(/CCC(=O)O)N1CCC2(CC1)CC(c1ccc(C(=N)N)cc1)=NO2. The third kappa shape index (κ3) is 4.52. The number of oxime groups is 1. The van der Waals surface area contributed by atoms with Gasteiger partial charge in [0.25, 0.3) is 0 Å². The van der Waals surface area contributed by atoms with E-state index in [4.69, 9.17) is 21.1 Å². The Balaban J connectivity index is 1.59. The molecule has 4 N–H and O–H groups in total. The molecular weight excluding hydrogens is 356 g/mol. The Morgan fingerprint density at radius 1 is 1.32 bits per heavy atom. The lowest BCUT2D eigenvalue weighted by Crippen LogP contribution is -2.44. The van der Waals surface area contributed by atoms with Gasteiger partial charge in [-0.05, 0) is 18.4 Å². The molecule has 0 bridgehead atoms. The summed E-state index contributed by atoms with van der Waals surface area (Å²) in [7, 11) is 0. The molecule has 1 aromatic carbocycles. The smallest absolute Gasteiger partial charge is 0.303 e. The standard InChI is InChI=1S/C21H28N4O3/c1-2-3-17(8-9-19(26)27)25-12-10-21(11-13-25)14-18(24-28-21)15-4-6-16(7-5-15)20(22)23/h3-7H,2,8-14H2,1H3,(H3,22,23)(H,26,27)/b17-3-. The average Bonchev–Trinajstić information content (AvgIpc) is 3.09. The van der Waals surface area contributed by atoms with Crippen molar-refractivity contribution in [1.29, 1.82) is 5.41 Å². The maximum Gasteiger partial charge on any atom is 0.303 e. The lowest BCUT2D eigenvalue weighted by Gasteiger charge is -2.39. The number of nitrogens with zero attached hydrogens (tertiary/aromatic N) is 2. The second-order valence-electron chi connectivity index (χ2n) is 7.46. The van der Waals surface area contributed by atoms with E-state index in [9.17, 15) is 4.79 Å². The van der Waals surface area contributed by atoms with Crippen LogP contribution < -0.4 is 5.73 Å². The van der Waals surface area contributed by atoms with E-state index in [0.29, 0.717) is 12.0 Å². The third-order valence-corrected chi connectivity index (χ3v) is 5.48. The van der Waals surface area contributed by atoms with E-state index in [1.807, 2.05) is 24.3 Å². The largest absolute Gasteiger partial charge is 0.481 e. The molecule has 150 valence electrons. The molecule has 2 heterocycles. The molecule has 1 spiro atoms. The van der Waals surface area contributed by atoms with Gasteiger partial charge >= 0.3 is 5.97 Å². The first-order chi connectivity index (χ1) is 13.4. The Hall–Kier alpha value is -2.83. The lowest BCUT2D eigenvalue weighted by atomic mass is 9.85. The summed E-state index contributed by atoms with van der Waals surface area (Å²) in [5, 5.41) is 20.8. The highest BCUT2D eigenvalue weighted by Gasteiger charge is 2.42. The molecule has 1 fully saturated rings. The summed E-state index contributed by atoms with van der Waals surface area (Å²) in [6, 6.07) is 7.53. The minimum atomic E-state index is -0.761. The van der Waals surface area contributed by atoms with E-state index in [1.54, 1.807) is 0 Å². The predicted octanol–water partition coefficient (Wildman–Crippen LogP) is 3.09.